The molecule has 0 fully saturated rings. The van der Waals surface area contributed by atoms with Gasteiger partial charge in [-0.3, -0.25) is 0 Å². The summed E-state index contributed by atoms with van der Waals surface area (Å²) in [5.41, 5.74) is 2.16. The lowest BCUT2D eigenvalue weighted by atomic mass is 10.1. The van der Waals surface area contributed by atoms with Crippen LogP contribution >= 0.6 is 0 Å². The van der Waals surface area contributed by atoms with Gasteiger partial charge in [0.05, 0.1) is 12.2 Å². The largest absolute Gasteiger partial charge is 0.361 e. The van der Waals surface area contributed by atoms with Crippen molar-refractivity contribution in [3.05, 3.63) is 17.0 Å². The zero-order valence-electron chi connectivity index (χ0n) is 16.1. The molecular formula is C18H35N5O. The van der Waals surface area contributed by atoms with E-state index in [1.165, 1.54) is 0 Å². The average Bonchev–Trinajstić information content (AvgIpc) is 3.01. The predicted molar refractivity (Wildman–Crippen MR) is 100 cm³/mol. The molecule has 0 unspecified atom stereocenters. The van der Waals surface area contributed by atoms with Gasteiger partial charge in [-0.2, -0.15) is 0 Å². The van der Waals surface area contributed by atoms with E-state index in [0.29, 0.717) is 6.54 Å². The van der Waals surface area contributed by atoms with Crippen molar-refractivity contribution in [2.45, 2.75) is 60.4 Å². The number of guanidine groups is 1. The Kier molecular flexibility index (Phi) is 10.2. The Morgan fingerprint density at radius 1 is 1.08 bits per heavy atom. The van der Waals surface area contributed by atoms with Gasteiger partial charge in [0.2, 0.25) is 0 Å². The fourth-order valence-corrected chi connectivity index (χ4v) is 2.67. The smallest absolute Gasteiger partial charge is 0.191 e. The number of hydrogen-bond acceptors (Lipinski definition) is 4. The summed E-state index contributed by atoms with van der Waals surface area (Å²) in [6, 6.07) is 0. The fourth-order valence-electron chi connectivity index (χ4n) is 2.67. The number of hydrogen-bond donors (Lipinski definition) is 2. The summed E-state index contributed by atoms with van der Waals surface area (Å²) in [5.74, 6) is 1.82. The van der Waals surface area contributed by atoms with Gasteiger partial charge >= 0.3 is 0 Å². The van der Waals surface area contributed by atoms with Crippen LogP contribution in [0.25, 0.3) is 0 Å². The molecule has 0 amide bonds. The minimum absolute atomic E-state index is 0.612. The van der Waals surface area contributed by atoms with Crippen LogP contribution in [0, 0.1) is 0 Å². The highest BCUT2D eigenvalue weighted by Gasteiger charge is 2.13. The normalized spacial score (nSPS) is 12.0. The van der Waals surface area contributed by atoms with E-state index in [0.717, 1.165) is 75.0 Å². The number of nitrogens with one attached hydrogen (secondary N) is 2. The minimum Gasteiger partial charge on any atom is -0.361 e. The molecule has 0 aliphatic rings. The molecular weight excluding hydrogens is 302 g/mol. The molecule has 0 aromatic carbocycles. The molecule has 6 heteroatoms. The number of rotatable bonds is 11. The number of aromatic nitrogens is 1. The highest BCUT2D eigenvalue weighted by Crippen LogP contribution is 2.16. The molecule has 24 heavy (non-hydrogen) atoms. The van der Waals surface area contributed by atoms with E-state index in [-0.39, 0.29) is 0 Å². The van der Waals surface area contributed by atoms with Crippen LogP contribution in [0.3, 0.4) is 0 Å². The van der Waals surface area contributed by atoms with E-state index in [1.54, 1.807) is 0 Å². The third-order valence-corrected chi connectivity index (χ3v) is 4.18. The zero-order chi connectivity index (χ0) is 17.8. The van der Waals surface area contributed by atoms with Crippen LogP contribution in [0.2, 0.25) is 0 Å². The Bertz CT molecular complexity index is 458. The Morgan fingerprint density at radius 3 is 2.42 bits per heavy atom. The molecule has 0 atom stereocenters. The molecule has 0 aliphatic heterocycles. The van der Waals surface area contributed by atoms with E-state index < -0.39 is 0 Å². The first-order valence-electron chi connectivity index (χ1n) is 9.40. The fraction of sp³-hybridized carbons (Fsp3) is 0.778. The van der Waals surface area contributed by atoms with Gasteiger partial charge in [0.15, 0.2) is 5.96 Å². The monoisotopic (exact) mass is 337 g/mol. The van der Waals surface area contributed by atoms with Crippen LogP contribution in [0.4, 0.5) is 0 Å². The molecule has 1 aromatic heterocycles. The van der Waals surface area contributed by atoms with E-state index >= 15 is 0 Å². The third kappa shape index (κ3) is 6.51. The zero-order valence-corrected chi connectivity index (χ0v) is 16.1. The molecule has 138 valence electrons. The summed E-state index contributed by atoms with van der Waals surface area (Å²) >= 11 is 0. The maximum absolute atomic E-state index is 5.41. The Hall–Kier alpha value is -1.56. The molecule has 0 saturated carbocycles. The van der Waals surface area contributed by atoms with Crippen molar-refractivity contribution in [2.75, 3.05) is 32.7 Å². The van der Waals surface area contributed by atoms with E-state index in [4.69, 9.17) is 9.52 Å². The van der Waals surface area contributed by atoms with Crippen molar-refractivity contribution in [1.29, 1.82) is 0 Å². The summed E-state index contributed by atoms with van der Waals surface area (Å²) in [5, 5.41) is 10.9. The SMILES string of the molecule is CCNC(=NCc1c(CC)noc1CC)NCCCN(CC)CC. The summed E-state index contributed by atoms with van der Waals surface area (Å²) in [6.45, 7) is 16.4. The summed E-state index contributed by atoms with van der Waals surface area (Å²) in [4.78, 5) is 7.15. The molecule has 0 aliphatic carbocycles. The van der Waals surface area contributed by atoms with Gasteiger partial charge in [0.1, 0.15) is 5.76 Å². The van der Waals surface area contributed by atoms with Crippen LogP contribution in [0.15, 0.2) is 9.52 Å². The molecule has 0 saturated heterocycles. The number of aliphatic imine (C=N–C) groups is 1. The van der Waals surface area contributed by atoms with Crippen LogP contribution in [-0.2, 0) is 19.4 Å². The van der Waals surface area contributed by atoms with Crippen molar-refractivity contribution in [3.8, 4) is 0 Å². The van der Waals surface area contributed by atoms with Gasteiger partial charge in [-0.1, -0.05) is 32.9 Å². The molecule has 0 bridgehead atoms. The summed E-state index contributed by atoms with van der Waals surface area (Å²) in [6.07, 6.45) is 2.84. The standard InChI is InChI=1S/C18H35N5O/c1-6-16-15(17(7-2)24-22-16)14-21-18(19-8-3)20-12-11-13-23(9-4)10-5/h6-14H2,1-5H3,(H2,19,20,21). The molecule has 6 nitrogen and oxygen atoms in total. The van der Waals surface area contributed by atoms with Crippen molar-refractivity contribution in [3.63, 3.8) is 0 Å². The van der Waals surface area contributed by atoms with Gasteiger partial charge in [0.25, 0.3) is 0 Å². The predicted octanol–water partition coefficient (Wildman–Crippen LogP) is 2.59. The van der Waals surface area contributed by atoms with Crippen molar-refractivity contribution in [1.82, 2.24) is 20.7 Å². The van der Waals surface area contributed by atoms with E-state index in [1.807, 2.05) is 0 Å². The number of aryl methyl sites for hydroxylation is 2. The lowest BCUT2D eigenvalue weighted by Gasteiger charge is -2.18. The topological polar surface area (TPSA) is 65.7 Å². The Balaban J connectivity index is 2.58. The second kappa shape index (κ2) is 11.9. The molecule has 0 radical (unpaired) electrons. The lowest BCUT2D eigenvalue weighted by molar-refractivity contribution is 0.300. The van der Waals surface area contributed by atoms with Crippen molar-refractivity contribution < 1.29 is 4.52 Å². The highest BCUT2D eigenvalue weighted by atomic mass is 16.5. The lowest BCUT2D eigenvalue weighted by Crippen LogP contribution is -2.38. The molecule has 1 rings (SSSR count). The van der Waals surface area contributed by atoms with Gasteiger partial charge in [-0.15, -0.1) is 0 Å². The van der Waals surface area contributed by atoms with Crippen LogP contribution in [0.1, 0.15) is 58.1 Å². The first-order valence-corrected chi connectivity index (χ1v) is 9.40. The number of nitrogens with zero attached hydrogens (tertiary/aromatic N) is 3. The van der Waals surface area contributed by atoms with E-state index in [9.17, 15) is 0 Å². The summed E-state index contributed by atoms with van der Waals surface area (Å²) < 4.78 is 5.41. The molecule has 2 N–H and O–H groups in total. The first-order chi connectivity index (χ1) is 11.7. The Morgan fingerprint density at radius 2 is 1.83 bits per heavy atom. The second-order valence-electron chi connectivity index (χ2n) is 5.74. The minimum atomic E-state index is 0.612. The van der Waals surface area contributed by atoms with Crippen LogP contribution in [0.5, 0.6) is 0 Å². The average molecular weight is 338 g/mol. The second-order valence-corrected chi connectivity index (χ2v) is 5.74. The van der Waals surface area contributed by atoms with Gasteiger partial charge in [0, 0.05) is 25.1 Å². The van der Waals surface area contributed by atoms with Gasteiger partial charge in [-0.05, 0) is 39.4 Å². The molecule has 1 heterocycles. The van der Waals surface area contributed by atoms with Crippen molar-refractivity contribution in [2.24, 2.45) is 4.99 Å². The maximum atomic E-state index is 5.41. The van der Waals surface area contributed by atoms with Crippen molar-refractivity contribution >= 4 is 5.96 Å². The van der Waals surface area contributed by atoms with Gasteiger partial charge < -0.3 is 20.1 Å². The van der Waals surface area contributed by atoms with Crippen LogP contribution in [-0.4, -0.2) is 48.7 Å². The Labute approximate surface area is 147 Å². The summed E-state index contributed by atoms with van der Waals surface area (Å²) in [7, 11) is 0. The maximum Gasteiger partial charge on any atom is 0.191 e. The quantitative estimate of drug-likeness (QED) is 0.369. The highest BCUT2D eigenvalue weighted by molar-refractivity contribution is 5.79. The third-order valence-electron chi connectivity index (χ3n) is 4.18. The van der Waals surface area contributed by atoms with E-state index in [2.05, 4.69) is 55.3 Å². The van der Waals surface area contributed by atoms with Gasteiger partial charge in [-0.25, -0.2) is 4.99 Å². The van der Waals surface area contributed by atoms with Crippen LogP contribution < -0.4 is 10.6 Å². The first kappa shape index (κ1) is 20.5. The molecule has 0 spiro atoms. The molecule has 1 aromatic rings.